The quantitative estimate of drug-likeness (QED) is 0.446. The number of nitrogens with one attached hydrogen (secondary N) is 2. The number of aromatic nitrogens is 2. The first-order valence-corrected chi connectivity index (χ1v) is 11.5. The minimum absolute atomic E-state index is 0.0123. The number of urea groups is 1. The van der Waals surface area contributed by atoms with Crippen molar-refractivity contribution in [3.05, 3.63) is 45.2 Å². The van der Waals surface area contributed by atoms with E-state index < -0.39 is 30.6 Å². The van der Waals surface area contributed by atoms with Crippen LogP contribution < -0.4 is 10.6 Å². The van der Waals surface area contributed by atoms with Gasteiger partial charge in [0, 0.05) is 57.2 Å². The van der Waals surface area contributed by atoms with Crippen molar-refractivity contribution in [3.63, 3.8) is 0 Å². The van der Waals surface area contributed by atoms with Crippen LogP contribution in [0.3, 0.4) is 0 Å². The third kappa shape index (κ3) is 5.04. The largest absolute Gasteiger partial charge is 0.340 e. The third-order valence-corrected chi connectivity index (χ3v) is 6.49. The molecule has 1 atom stereocenters. The summed E-state index contributed by atoms with van der Waals surface area (Å²) in [5.74, 6) is -2.07. The molecule has 0 spiro atoms. The Kier molecular flexibility index (Phi) is 7.12. The van der Waals surface area contributed by atoms with Gasteiger partial charge in [0.25, 0.3) is 12.3 Å². The summed E-state index contributed by atoms with van der Waals surface area (Å²) in [5.41, 5.74) is 1.49. The van der Waals surface area contributed by atoms with Gasteiger partial charge in [-0.2, -0.15) is 5.10 Å². The highest BCUT2D eigenvalue weighted by atomic mass is 79.9. The van der Waals surface area contributed by atoms with Crippen LogP contribution >= 0.6 is 15.9 Å². The molecule has 2 aromatic rings. The number of carbonyl (C=O) groups is 2. The van der Waals surface area contributed by atoms with E-state index in [1.807, 2.05) is 0 Å². The second-order valence-corrected chi connectivity index (χ2v) is 9.26. The maximum Gasteiger partial charge on any atom is 0.322 e. The summed E-state index contributed by atoms with van der Waals surface area (Å²) in [6.45, 7) is 1.01. The van der Waals surface area contributed by atoms with E-state index in [9.17, 15) is 27.2 Å². The van der Waals surface area contributed by atoms with Gasteiger partial charge in [0.15, 0.2) is 0 Å². The topological polar surface area (TPSA) is 82.5 Å². The highest BCUT2D eigenvalue weighted by Crippen LogP contribution is 2.28. The molecular formula is C21H23BrF4N6O2. The molecule has 0 bridgehead atoms. The Balaban J connectivity index is 1.52. The van der Waals surface area contributed by atoms with Gasteiger partial charge in [-0.1, -0.05) is 0 Å². The molecule has 3 amide bonds. The number of halogens is 5. The number of amides is 3. The molecule has 13 heteroatoms. The Morgan fingerprint density at radius 1 is 1.26 bits per heavy atom. The first kappa shape index (κ1) is 24.5. The van der Waals surface area contributed by atoms with Gasteiger partial charge in [-0.25, -0.2) is 22.4 Å². The molecule has 4 rings (SSSR count). The van der Waals surface area contributed by atoms with Crippen molar-refractivity contribution in [2.45, 2.75) is 25.9 Å². The highest BCUT2D eigenvalue weighted by molar-refractivity contribution is 9.10. The van der Waals surface area contributed by atoms with Crippen LogP contribution in [0.25, 0.3) is 0 Å². The molecule has 0 saturated carbocycles. The summed E-state index contributed by atoms with van der Waals surface area (Å²) in [5, 5.41) is 9.74. The Morgan fingerprint density at radius 3 is 2.76 bits per heavy atom. The van der Waals surface area contributed by atoms with Gasteiger partial charge in [-0.3, -0.25) is 9.48 Å². The molecule has 0 radical (unpaired) electrons. The van der Waals surface area contributed by atoms with E-state index in [4.69, 9.17) is 0 Å². The van der Waals surface area contributed by atoms with Crippen molar-refractivity contribution in [3.8, 4) is 0 Å². The molecule has 0 fully saturated rings. The van der Waals surface area contributed by atoms with Crippen molar-refractivity contribution >= 4 is 33.6 Å². The Bertz CT molecular complexity index is 1110. The monoisotopic (exact) mass is 546 g/mol. The van der Waals surface area contributed by atoms with Gasteiger partial charge in [0.2, 0.25) is 0 Å². The summed E-state index contributed by atoms with van der Waals surface area (Å²) in [6, 6.07) is 1.23. The van der Waals surface area contributed by atoms with Gasteiger partial charge >= 0.3 is 6.03 Å². The number of rotatable bonds is 5. The average molecular weight is 547 g/mol. The van der Waals surface area contributed by atoms with Crippen molar-refractivity contribution in [1.29, 1.82) is 0 Å². The summed E-state index contributed by atoms with van der Waals surface area (Å²) in [7, 11) is 1.64. The van der Waals surface area contributed by atoms with E-state index in [1.54, 1.807) is 11.7 Å². The Labute approximate surface area is 201 Å². The molecule has 2 N–H and O–H groups in total. The normalized spacial score (nSPS) is 18.1. The van der Waals surface area contributed by atoms with E-state index in [1.165, 1.54) is 9.80 Å². The second kappa shape index (κ2) is 9.90. The number of benzene rings is 1. The molecule has 0 aliphatic carbocycles. The number of hydrogen-bond acceptors (Lipinski definition) is 4. The van der Waals surface area contributed by atoms with Crippen LogP contribution in [0.1, 0.15) is 21.7 Å². The molecule has 1 aromatic heterocycles. The fraction of sp³-hybridized carbons (Fsp3) is 0.476. The molecule has 8 nitrogen and oxygen atoms in total. The Hall–Kier alpha value is -2.67. The molecular weight excluding hydrogens is 524 g/mol. The van der Waals surface area contributed by atoms with Crippen LogP contribution in [-0.2, 0) is 19.5 Å². The predicted molar refractivity (Wildman–Crippen MR) is 119 cm³/mol. The number of anilines is 1. The third-order valence-electron chi connectivity index (χ3n) is 5.88. The molecule has 1 unspecified atom stereocenters. The number of carbonyl (C=O) groups excluding carboxylic acids is 2. The molecule has 1 aromatic carbocycles. The van der Waals surface area contributed by atoms with Crippen LogP contribution in [0.4, 0.5) is 28.0 Å². The van der Waals surface area contributed by atoms with Crippen LogP contribution in [0.15, 0.2) is 16.6 Å². The minimum Gasteiger partial charge on any atom is -0.340 e. The van der Waals surface area contributed by atoms with Crippen molar-refractivity contribution < 1.29 is 27.2 Å². The maximum absolute atomic E-state index is 14.1. The summed E-state index contributed by atoms with van der Waals surface area (Å²) in [6.07, 6.45) is -2.07. The van der Waals surface area contributed by atoms with Crippen molar-refractivity contribution in [2.24, 2.45) is 5.92 Å². The van der Waals surface area contributed by atoms with Gasteiger partial charge in [-0.15, -0.1) is 0 Å². The lowest BCUT2D eigenvalue weighted by atomic mass is 10.0. The van der Waals surface area contributed by atoms with Crippen LogP contribution in [0.5, 0.6) is 0 Å². The van der Waals surface area contributed by atoms with Crippen LogP contribution in [0.2, 0.25) is 0 Å². The summed E-state index contributed by atoms with van der Waals surface area (Å²) < 4.78 is 54.1. The smallest absolute Gasteiger partial charge is 0.322 e. The molecule has 184 valence electrons. The standard InChI is InChI=1S/C21H23BrF4N6O2/c1-30-8-11(6-27-7-18(25)26)9-32-19(20(30)33)12-10-31(3-2-16(12)29-32)21(34)28-17-4-13(22)14(23)5-15(17)24/h4-5,11,18,27H,2-3,6-10H2,1H3,(H,28,34). The summed E-state index contributed by atoms with van der Waals surface area (Å²) >= 11 is 2.97. The molecule has 34 heavy (non-hydrogen) atoms. The van der Waals surface area contributed by atoms with E-state index >= 15 is 0 Å². The maximum atomic E-state index is 14.1. The van der Waals surface area contributed by atoms with Gasteiger partial charge in [0.05, 0.1) is 28.9 Å². The first-order valence-electron chi connectivity index (χ1n) is 10.7. The average Bonchev–Trinajstić information content (AvgIpc) is 3.07. The zero-order chi connectivity index (χ0) is 24.6. The SMILES string of the molecule is CN1CC(CNCC(F)F)Cn2nc3c(c2C1=O)CN(C(=O)Nc1cc(Br)c(F)cc1F)CC3. The van der Waals surface area contributed by atoms with Gasteiger partial charge in [0.1, 0.15) is 17.3 Å². The predicted octanol–water partition coefficient (Wildman–Crippen LogP) is 3.07. The van der Waals surface area contributed by atoms with Crippen LogP contribution in [-0.4, -0.2) is 71.2 Å². The van der Waals surface area contributed by atoms with Crippen LogP contribution in [0, 0.1) is 17.6 Å². The lowest BCUT2D eigenvalue weighted by Crippen LogP contribution is -2.40. The first-order chi connectivity index (χ1) is 16.1. The lowest BCUT2D eigenvalue weighted by molar-refractivity contribution is 0.0776. The van der Waals surface area contributed by atoms with Crippen molar-refractivity contribution in [2.75, 3.05) is 38.5 Å². The van der Waals surface area contributed by atoms with E-state index in [0.717, 1.165) is 6.07 Å². The highest BCUT2D eigenvalue weighted by Gasteiger charge is 2.34. The number of fused-ring (bicyclic) bond motifs is 3. The fourth-order valence-corrected chi connectivity index (χ4v) is 4.61. The molecule has 2 aliphatic heterocycles. The number of alkyl halides is 2. The van der Waals surface area contributed by atoms with Gasteiger partial charge in [-0.05, 0) is 22.0 Å². The zero-order valence-corrected chi connectivity index (χ0v) is 19.8. The summed E-state index contributed by atoms with van der Waals surface area (Å²) in [4.78, 5) is 28.9. The van der Waals surface area contributed by atoms with E-state index in [-0.39, 0.29) is 28.5 Å². The minimum atomic E-state index is -2.46. The van der Waals surface area contributed by atoms with E-state index in [0.29, 0.717) is 55.6 Å². The molecule has 3 heterocycles. The molecule has 0 saturated heterocycles. The zero-order valence-electron chi connectivity index (χ0n) is 18.3. The van der Waals surface area contributed by atoms with Crippen molar-refractivity contribution in [1.82, 2.24) is 24.9 Å². The van der Waals surface area contributed by atoms with Gasteiger partial charge < -0.3 is 20.4 Å². The fourth-order valence-electron chi connectivity index (χ4n) is 4.26. The number of nitrogens with zero attached hydrogens (tertiary/aromatic N) is 4. The lowest BCUT2D eigenvalue weighted by Gasteiger charge is -2.27. The second-order valence-electron chi connectivity index (χ2n) is 8.40. The Morgan fingerprint density at radius 2 is 2.03 bits per heavy atom. The van der Waals surface area contributed by atoms with E-state index in [2.05, 4.69) is 31.7 Å². The molecule has 2 aliphatic rings. The number of hydrogen-bond donors (Lipinski definition) is 2.